The van der Waals surface area contributed by atoms with E-state index in [-0.39, 0.29) is 0 Å². The summed E-state index contributed by atoms with van der Waals surface area (Å²) >= 11 is 0. The van der Waals surface area contributed by atoms with Gasteiger partial charge in [-0.05, 0) is 0 Å². The molecule has 104 valence electrons. The molecular formula is C14H24N3O2+3. The largest absolute Gasteiger partial charge is 0.370 e. The molecule has 3 rings (SSSR count). The van der Waals surface area contributed by atoms with Gasteiger partial charge in [-0.2, -0.15) is 0 Å². The van der Waals surface area contributed by atoms with Crippen LogP contribution in [0, 0.1) is 0 Å². The van der Waals surface area contributed by atoms with E-state index in [9.17, 15) is 0 Å². The van der Waals surface area contributed by atoms with E-state index in [1.807, 2.05) is 12.4 Å². The number of pyridine rings is 1. The summed E-state index contributed by atoms with van der Waals surface area (Å²) in [4.78, 5) is 6.42. The predicted molar refractivity (Wildman–Crippen MR) is 68.8 cm³/mol. The molecule has 3 heterocycles. The summed E-state index contributed by atoms with van der Waals surface area (Å²) in [6.07, 6.45) is 4.58. The van der Waals surface area contributed by atoms with Crippen LogP contribution in [0.5, 0.6) is 0 Å². The zero-order chi connectivity index (χ0) is 12.9. The van der Waals surface area contributed by atoms with E-state index < -0.39 is 0 Å². The third-order valence-corrected chi connectivity index (χ3v) is 4.16. The van der Waals surface area contributed by atoms with Gasteiger partial charge in [-0.3, -0.25) is 9.80 Å². The normalized spacial score (nSPS) is 22.8. The Morgan fingerprint density at radius 1 is 0.842 bits per heavy atom. The standard InChI is InChI=1S/C14H21N3O2/c1-3-15-4-2-13(1)14(16-5-9-18-10-6-16)17-7-11-19-12-8-17/h1-4,14H,5-12H2/p+3. The molecule has 0 radical (unpaired) electrons. The molecule has 2 saturated heterocycles. The molecule has 1 aromatic rings. The van der Waals surface area contributed by atoms with Crippen molar-refractivity contribution in [3.63, 3.8) is 0 Å². The van der Waals surface area contributed by atoms with Gasteiger partial charge in [0.15, 0.2) is 12.4 Å². The summed E-state index contributed by atoms with van der Waals surface area (Å²) in [5, 5.41) is 0. The van der Waals surface area contributed by atoms with Crippen molar-refractivity contribution < 1.29 is 24.3 Å². The second-order valence-corrected chi connectivity index (χ2v) is 5.31. The third-order valence-electron chi connectivity index (χ3n) is 4.16. The molecule has 0 bridgehead atoms. The molecule has 19 heavy (non-hydrogen) atoms. The van der Waals surface area contributed by atoms with Gasteiger partial charge in [0.1, 0.15) is 26.2 Å². The van der Waals surface area contributed by atoms with E-state index in [2.05, 4.69) is 17.1 Å². The molecule has 1 aromatic heterocycles. The monoisotopic (exact) mass is 266 g/mol. The summed E-state index contributed by atoms with van der Waals surface area (Å²) in [7, 11) is 0. The highest BCUT2D eigenvalue weighted by Gasteiger charge is 2.36. The van der Waals surface area contributed by atoms with Crippen LogP contribution >= 0.6 is 0 Å². The zero-order valence-electron chi connectivity index (χ0n) is 11.4. The van der Waals surface area contributed by atoms with E-state index in [1.54, 1.807) is 9.80 Å². The molecule has 2 aliphatic heterocycles. The highest BCUT2D eigenvalue weighted by Crippen LogP contribution is 2.02. The second-order valence-electron chi connectivity index (χ2n) is 5.31. The van der Waals surface area contributed by atoms with Crippen molar-refractivity contribution in [2.75, 3.05) is 52.6 Å². The van der Waals surface area contributed by atoms with Crippen LogP contribution in [0.25, 0.3) is 0 Å². The molecule has 0 aromatic carbocycles. The van der Waals surface area contributed by atoms with Crippen molar-refractivity contribution in [2.24, 2.45) is 0 Å². The van der Waals surface area contributed by atoms with Crippen LogP contribution in [0.1, 0.15) is 11.7 Å². The van der Waals surface area contributed by atoms with Gasteiger partial charge in [0.25, 0.3) is 0 Å². The van der Waals surface area contributed by atoms with Crippen molar-refractivity contribution in [3.8, 4) is 0 Å². The molecule has 0 aliphatic carbocycles. The van der Waals surface area contributed by atoms with E-state index in [4.69, 9.17) is 9.47 Å². The summed E-state index contributed by atoms with van der Waals surface area (Å²) in [6.45, 7) is 7.95. The maximum atomic E-state index is 5.51. The number of rotatable bonds is 3. The molecule has 2 fully saturated rings. The molecule has 0 spiro atoms. The molecule has 2 aliphatic rings. The summed E-state index contributed by atoms with van der Waals surface area (Å²) < 4.78 is 11.0. The van der Waals surface area contributed by atoms with Crippen molar-refractivity contribution >= 4 is 0 Å². The fourth-order valence-electron chi connectivity index (χ4n) is 3.20. The molecule has 0 unspecified atom stereocenters. The first-order valence-electron chi connectivity index (χ1n) is 7.26. The summed E-state index contributed by atoms with van der Waals surface area (Å²) in [5.74, 6) is 0. The molecule has 0 atom stereocenters. The van der Waals surface area contributed by atoms with Crippen LogP contribution in [0.2, 0.25) is 0 Å². The van der Waals surface area contributed by atoms with Crippen LogP contribution in [0.4, 0.5) is 0 Å². The Morgan fingerprint density at radius 2 is 1.32 bits per heavy atom. The first-order valence-corrected chi connectivity index (χ1v) is 7.26. The van der Waals surface area contributed by atoms with Crippen LogP contribution in [0.3, 0.4) is 0 Å². The fraction of sp³-hybridized carbons (Fsp3) is 0.643. The van der Waals surface area contributed by atoms with Gasteiger partial charge < -0.3 is 9.47 Å². The summed E-state index contributed by atoms with van der Waals surface area (Å²) in [5.41, 5.74) is 1.42. The number of H-pyrrole nitrogens is 1. The number of hydrogen-bond acceptors (Lipinski definition) is 2. The first-order chi connectivity index (χ1) is 9.45. The molecular weight excluding hydrogens is 242 g/mol. The molecule has 0 amide bonds. The lowest BCUT2D eigenvalue weighted by atomic mass is 10.1. The SMILES string of the molecule is c1cc(C([NH+]2CCOCC2)[NH+]2CCOCC2)cc[nH+]1. The quantitative estimate of drug-likeness (QED) is 0.627. The summed E-state index contributed by atoms with van der Waals surface area (Å²) in [6, 6.07) is 4.44. The van der Waals surface area contributed by atoms with Gasteiger partial charge in [0, 0.05) is 12.1 Å². The van der Waals surface area contributed by atoms with Crippen LogP contribution < -0.4 is 14.8 Å². The van der Waals surface area contributed by atoms with Gasteiger partial charge in [-0.15, -0.1) is 0 Å². The third kappa shape index (κ3) is 3.12. The Hall–Kier alpha value is -1.01. The Balaban J connectivity index is 1.81. The maximum absolute atomic E-state index is 5.51. The Bertz CT molecular complexity index is 358. The second kappa shape index (κ2) is 6.43. The lowest BCUT2D eigenvalue weighted by Gasteiger charge is -2.37. The number of nitrogens with one attached hydrogen (secondary N) is 3. The average Bonchev–Trinajstić information content (AvgIpc) is 2.51. The highest BCUT2D eigenvalue weighted by atomic mass is 16.5. The van der Waals surface area contributed by atoms with Gasteiger partial charge >= 0.3 is 0 Å². The lowest BCUT2D eigenvalue weighted by Crippen LogP contribution is -3.32. The number of quaternary nitrogens is 2. The Morgan fingerprint density at radius 3 is 1.79 bits per heavy atom. The topological polar surface area (TPSA) is 41.5 Å². The van der Waals surface area contributed by atoms with E-state index in [0.717, 1.165) is 52.6 Å². The Labute approximate surface area is 114 Å². The van der Waals surface area contributed by atoms with Crippen molar-refractivity contribution in [2.45, 2.75) is 6.17 Å². The molecule has 5 nitrogen and oxygen atoms in total. The van der Waals surface area contributed by atoms with Crippen LogP contribution in [-0.2, 0) is 9.47 Å². The number of aromatic nitrogens is 1. The predicted octanol–water partition coefficient (Wildman–Crippen LogP) is -2.67. The van der Waals surface area contributed by atoms with Crippen molar-refractivity contribution in [3.05, 3.63) is 30.1 Å². The van der Waals surface area contributed by atoms with Gasteiger partial charge in [0.2, 0.25) is 6.17 Å². The van der Waals surface area contributed by atoms with Gasteiger partial charge in [-0.1, -0.05) is 0 Å². The molecule has 5 heteroatoms. The van der Waals surface area contributed by atoms with E-state index in [1.165, 1.54) is 5.56 Å². The zero-order valence-corrected chi connectivity index (χ0v) is 11.4. The minimum Gasteiger partial charge on any atom is -0.370 e. The number of aromatic amines is 1. The highest BCUT2D eigenvalue weighted by molar-refractivity contribution is 5.08. The lowest BCUT2D eigenvalue weighted by molar-refractivity contribution is -1.14. The maximum Gasteiger partial charge on any atom is 0.240 e. The minimum absolute atomic E-state index is 0.516. The van der Waals surface area contributed by atoms with Gasteiger partial charge in [-0.25, -0.2) is 4.98 Å². The molecule has 3 N–H and O–H groups in total. The average molecular weight is 266 g/mol. The smallest absolute Gasteiger partial charge is 0.240 e. The minimum atomic E-state index is 0.516. The number of morpholine rings is 2. The van der Waals surface area contributed by atoms with Gasteiger partial charge in [0.05, 0.1) is 32.0 Å². The molecule has 0 saturated carbocycles. The fourth-order valence-corrected chi connectivity index (χ4v) is 3.20. The van der Waals surface area contributed by atoms with Crippen molar-refractivity contribution in [1.82, 2.24) is 0 Å². The van der Waals surface area contributed by atoms with E-state index >= 15 is 0 Å². The van der Waals surface area contributed by atoms with E-state index in [0.29, 0.717) is 6.17 Å². The Kier molecular flexibility index (Phi) is 4.40. The van der Waals surface area contributed by atoms with Crippen molar-refractivity contribution in [1.29, 1.82) is 0 Å². The number of ether oxygens (including phenoxy) is 2. The van der Waals surface area contributed by atoms with Crippen LogP contribution in [0.15, 0.2) is 24.5 Å². The first kappa shape index (κ1) is 13.0. The van der Waals surface area contributed by atoms with Crippen LogP contribution in [-0.4, -0.2) is 52.6 Å². The number of hydrogen-bond donors (Lipinski definition) is 2.